The molecule has 5 heteroatoms. The van der Waals surface area contributed by atoms with Gasteiger partial charge in [-0.2, -0.15) is 0 Å². The average Bonchev–Trinajstić information content (AvgIpc) is 3.20. The highest BCUT2D eigenvalue weighted by Crippen LogP contribution is 2.59. The van der Waals surface area contributed by atoms with Gasteiger partial charge in [0.2, 0.25) is 5.91 Å². The van der Waals surface area contributed by atoms with Crippen molar-refractivity contribution in [2.45, 2.75) is 19.3 Å². The van der Waals surface area contributed by atoms with Crippen LogP contribution >= 0.6 is 12.4 Å². The predicted molar refractivity (Wildman–Crippen MR) is 84.2 cm³/mol. The van der Waals surface area contributed by atoms with Crippen LogP contribution in [-0.2, 0) is 4.79 Å². The van der Waals surface area contributed by atoms with E-state index < -0.39 is 0 Å². The lowest BCUT2D eigenvalue weighted by atomic mass is 9.91. The van der Waals surface area contributed by atoms with Crippen molar-refractivity contribution in [2.24, 2.45) is 11.3 Å². The first-order chi connectivity index (χ1) is 9.80. The summed E-state index contributed by atoms with van der Waals surface area (Å²) in [6.07, 6.45) is 3.37. The Kier molecular flexibility index (Phi) is 3.84. The van der Waals surface area contributed by atoms with Crippen LogP contribution in [0.3, 0.4) is 0 Å². The summed E-state index contributed by atoms with van der Waals surface area (Å²) in [6, 6.07) is 7.87. The molecule has 2 aliphatic heterocycles. The number of nitrogens with one attached hydrogen (secondary N) is 1. The van der Waals surface area contributed by atoms with Crippen LogP contribution in [0.2, 0.25) is 0 Å². The van der Waals surface area contributed by atoms with Gasteiger partial charge in [-0.1, -0.05) is 12.1 Å². The Labute approximate surface area is 131 Å². The molecule has 1 spiro atoms. The van der Waals surface area contributed by atoms with E-state index in [1.54, 1.807) is 0 Å². The number of carbonyl (C=O) groups is 1. The number of ether oxygens (including phenoxy) is 1. The van der Waals surface area contributed by atoms with Gasteiger partial charge >= 0.3 is 0 Å². The Hall–Kier alpha value is -1.26. The number of nitrogens with zero attached hydrogens (tertiary/aromatic N) is 1. The number of halogens is 1. The van der Waals surface area contributed by atoms with Crippen molar-refractivity contribution in [2.75, 3.05) is 31.1 Å². The minimum absolute atomic E-state index is 0. The van der Waals surface area contributed by atoms with E-state index in [0.29, 0.717) is 24.5 Å². The Bertz CT molecular complexity index is 543. The van der Waals surface area contributed by atoms with Gasteiger partial charge in [-0.25, -0.2) is 0 Å². The van der Waals surface area contributed by atoms with Crippen molar-refractivity contribution in [3.05, 3.63) is 24.3 Å². The molecule has 2 fully saturated rings. The molecule has 1 aromatic carbocycles. The summed E-state index contributed by atoms with van der Waals surface area (Å²) in [6.45, 7) is 3.40. The molecule has 2 heterocycles. The number of benzene rings is 1. The fourth-order valence-electron chi connectivity index (χ4n) is 3.76. The van der Waals surface area contributed by atoms with Crippen LogP contribution < -0.4 is 15.0 Å². The smallest absolute Gasteiger partial charge is 0.230 e. The summed E-state index contributed by atoms with van der Waals surface area (Å²) >= 11 is 0. The molecule has 1 saturated heterocycles. The number of amides is 1. The van der Waals surface area contributed by atoms with Gasteiger partial charge in [0.15, 0.2) is 0 Å². The highest BCUT2D eigenvalue weighted by atomic mass is 35.5. The lowest BCUT2D eigenvalue weighted by Crippen LogP contribution is -2.41. The maximum atomic E-state index is 12.8. The molecule has 0 aromatic heterocycles. The molecule has 4 rings (SSSR count). The van der Waals surface area contributed by atoms with Crippen molar-refractivity contribution in [1.29, 1.82) is 0 Å². The van der Waals surface area contributed by atoms with Gasteiger partial charge in [0.25, 0.3) is 0 Å². The fraction of sp³-hybridized carbons (Fsp3) is 0.562. The summed E-state index contributed by atoms with van der Waals surface area (Å²) in [4.78, 5) is 14.8. The molecule has 1 saturated carbocycles. The lowest BCUT2D eigenvalue weighted by molar-refractivity contribution is -0.121. The molecule has 1 aliphatic carbocycles. The number of para-hydroxylation sites is 2. The largest absolute Gasteiger partial charge is 0.490 e. The van der Waals surface area contributed by atoms with Crippen LogP contribution in [0, 0.1) is 11.3 Å². The molecule has 0 radical (unpaired) electrons. The van der Waals surface area contributed by atoms with Crippen molar-refractivity contribution < 1.29 is 9.53 Å². The number of fused-ring (bicyclic) bond motifs is 1. The van der Waals surface area contributed by atoms with Gasteiger partial charge in [-0.15, -0.1) is 12.4 Å². The van der Waals surface area contributed by atoms with E-state index in [9.17, 15) is 4.79 Å². The zero-order chi connectivity index (χ0) is 13.6. The topological polar surface area (TPSA) is 41.6 Å². The summed E-state index contributed by atoms with van der Waals surface area (Å²) < 4.78 is 5.64. The summed E-state index contributed by atoms with van der Waals surface area (Å²) in [5.41, 5.74) is 1.25. The summed E-state index contributed by atoms with van der Waals surface area (Å²) in [5, 5.41) is 3.39. The van der Waals surface area contributed by atoms with Crippen LogP contribution in [-0.4, -0.2) is 32.1 Å². The second-order valence-electron chi connectivity index (χ2n) is 6.18. The van der Waals surface area contributed by atoms with E-state index in [2.05, 4.69) is 5.32 Å². The predicted octanol–water partition coefficient (Wildman–Crippen LogP) is 2.22. The van der Waals surface area contributed by atoms with Crippen molar-refractivity contribution in [3.8, 4) is 5.75 Å². The monoisotopic (exact) mass is 308 g/mol. The number of piperidine rings is 1. The third kappa shape index (κ3) is 2.40. The van der Waals surface area contributed by atoms with Crippen LogP contribution in [0.4, 0.5) is 5.69 Å². The quantitative estimate of drug-likeness (QED) is 0.865. The van der Waals surface area contributed by atoms with Gasteiger partial charge in [-0.3, -0.25) is 4.79 Å². The maximum Gasteiger partial charge on any atom is 0.230 e. The van der Waals surface area contributed by atoms with E-state index in [1.165, 1.54) is 0 Å². The zero-order valence-electron chi connectivity index (χ0n) is 12.0. The number of rotatable bonds is 1. The Morgan fingerprint density at radius 2 is 2.05 bits per heavy atom. The molecular formula is C16H21ClN2O2. The van der Waals surface area contributed by atoms with Crippen LogP contribution in [0.1, 0.15) is 19.3 Å². The Balaban J connectivity index is 0.00000132. The van der Waals surface area contributed by atoms with Crippen molar-refractivity contribution in [1.82, 2.24) is 5.32 Å². The molecule has 1 aromatic rings. The van der Waals surface area contributed by atoms with Crippen LogP contribution in [0.5, 0.6) is 5.75 Å². The van der Waals surface area contributed by atoms with E-state index >= 15 is 0 Å². The highest BCUT2D eigenvalue weighted by molar-refractivity contribution is 5.99. The van der Waals surface area contributed by atoms with Crippen molar-refractivity contribution >= 4 is 24.0 Å². The Morgan fingerprint density at radius 1 is 1.29 bits per heavy atom. The molecule has 1 atom stereocenters. The third-order valence-electron chi connectivity index (χ3n) is 5.08. The molecule has 1 unspecified atom stereocenters. The summed E-state index contributed by atoms with van der Waals surface area (Å²) in [5.74, 6) is 1.38. The molecule has 0 bridgehead atoms. The highest BCUT2D eigenvalue weighted by Gasteiger charge is 2.58. The van der Waals surface area contributed by atoms with Gasteiger partial charge in [-0.05, 0) is 49.9 Å². The van der Waals surface area contributed by atoms with Crippen molar-refractivity contribution in [3.63, 3.8) is 0 Å². The molecule has 21 heavy (non-hydrogen) atoms. The first-order valence-electron chi connectivity index (χ1n) is 7.54. The van der Waals surface area contributed by atoms with Crippen LogP contribution in [0.25, 0.3) is 0 Å². The fourth-order valence-corrected chi connectivity index (χ4v) is 3.76. The molecular weight excluding hydrogens is 288 g/mol. The van der Waals surface area contributed by atoms with Gasteiger partial charge in [0.05, 0.1) is 12.2 Å². The molecule has 3 aliphatic rings. The SMILES string of the molecule is Cl.O=C(C1CC12CCNCC2)N1CCOc2ccccc21. The molecule has 4 nitrogen and oxygen atoms in total. The number of hydrogen-bond acceptors (Lipinski definition) is 3. The van der Waals surface area contributed by atoms with E-state index in [1.807, 2.05) is 29.2 Å². The molecule has 114 valence electrons. The molecule has 1 N–H and O–H groups in total. The average molecular weight is 309 g/mol. The number of carbonyl (C=O) groups excluding carboxylic acids is 1. The lowest BCUT2D eigenvalue weighted by Gasteiger charge is -2.31. The van der Waals surface area contributed by atoms with Crippen LogP contribution in [0.15, 0.2) is 24.3 Å². The minimum atomic E-state index is 0. The first kappa shape index (κ1) is 14.7. The minimum Gasteiger partial charge on any atom is -0.490 e. The Morgan fingerprint density at radius 3 is 2.86 bits per heavy atom. The number of anilines is 1. The summed E-state index contributed by atoms with van der Waals surface area (Å²) in [7, 11) is 0. The number of hydrogen-bond donors (Lipinski definition) is 1. The molecule has 1 amide bonds. The first-order valence-corrected chi connectivity index (χ1v) is 7.54. The van der Waals surface area contributed by atoms with Gasteiger partial charge in [0, 0.05) is 5.92 Å². The zero-order valence-corrected chi connectivity index (χ0v) is 12.8. The van der Waals surface area contributed by atoms with E-state index in [4.69, 9.17) is 4.74 Å². The normalized spacial score (nSPS) is 25.5. The van der Waals surface area contributed by atoms with E-state index in [0.717, 1.165) is 43.8 Å². The maximum absolute atomic E-state index is 12.8. The van der Waals surface area contributed by atoms with Gasteiger partial charge < -0.3 is 15.0 Å². The third-order valence-corrected chi connectivity index (χ3v) is 5.08. The van der Waals surface area contributed by atoms with Gasteiger partial charge in [0.1, 0.15) is 12.4 Å². The van der Waals surface area contributed by atoms with E-state index in [-0.39, 0.29) is 18.3 Å². The second-order valence-corrected chi connectivity index (χ2v) is 6.18. The standard InChI is InChI=1S/C16H20N2O2.ClH/c19-15(12-11-16(12)5-7-17-8-6-16)18-9-10-20-14-4-2-1-3-13(14)18;/h1-4,12,17H,5-11H2;1H. The second kappa shape index (κ2) is 5.50.